The molecule has 2 unspecified atom stereocenters. The Morgan fingerprint density at radius 2 is 1.38 bits per heavy atom. The fourth-order valence-corrected chi connectivity index (χ4v) is 5.09. The van der Waals surface area contributed by atoms with Gasteiger partial charge in [0.25, 0.3) is 0 Å². The van der Waals surface area contributed by atoms with E-state index in [2.05, 4.69) is 0 Å². The maximum Gasteiger partial charge on any atom is 0.190 e. The number of aliphatic hydroxyl groups is 1. The minimum Gasteiger partial charge on any atom is -0.387 e. The van der Waals surface area contributed by atoms with Crippen molar-refractivity contribution in [3.8, 4) is 0 Å². The summed E-state index contributed by atoms with van der Waals surface area (Å²) in [6.07, 6.45) is 8.38. The van der Waals surface area contributed by atoms with E-state index in [0.717, 1.165) is 51.4 Å². The van der Waals surface area contributed by atoms with Crippen molar-refractivity contribution in [2.45, 2.75) is 106 Å². The van der Waals surface area contributed by atoms with Gasteiger partial charge >= 0.3 is 0 Å². The quantitative estimate of drug-likeness (QED) is 0.789. The van der Waals surface area contributed by atoms with Crippen LogP contribution >= 0.6 is 0 Å². The monoisotopic (exact) mass is 340 g/mol. The maximum atomic E-state index is 10.8. The molecule has 2 aliphatic carbocycles. The number of hydrogen-bond acceptors (Lipinski definition) is 6. The van der Waals surface area contributed by atoms with Crippen LogP contribution in [-0.4, -0.2) is 54.0 Å². The lowest BCUT2D eigenvalue weighted by atomic mass is 9.94. The van der Waals surface area contributed by atoms with Gasteiger partial charge in [0.2, 0.25) is 0 Å². The van der Waals surface area contributed by atoms with Crippen LogP contribution in [0.25, 0.3) is 0 Å². The fraction of sp³-hybridized carbons (Fsp3) is 1.00. The number of ether oxygens (including phenoxy) is 5. The average Bonchev–Trinajstić information content (AvgIpc) is 3.23. The van der Waals surface area contributed by atoms with Crippen LogP contribution in [0.4, 0.5) is 0 Å². The highest BCUT2D eigenvalue weighted by atomic mass is 16.8. The van der Waals surface area contributed by atoms with Crippen LogP contribution in [-0.2, 0) is 23.7 Å². The summed E-state index contributed by atoms with van der Waals surface area (Å²) in [6.45, 7) is 0.478. The average molecular weight is 340 g/mol. The highest BCUT2D eigenvalue weighted by Crippen LogP contribution is 2.47. The third-order valence-corrected chi connectivity index (χ3v) is 6.39. The summed E-state index contributed by atoms with van der Waals surface area (Å²) in [4.78, 5) is 0. The molecule has 1 N–H and O–H groups in total. The molecule has 3 saturated heterocycles. The van der Waals surface area contributed by atoms with Crippen LogP contribution in [0.2, 0.25) is 0 Å². The molecule has 5 atom stereocenters. The van der Waals surface area contributed by atoms with E-state index in [1.54, 1.807) is 0 Å². The van der Waals surface area contributed by atoms with Crippen LogP contribution in [0.15, 0.2) is 0 Å². The molecule has 5 rings (SSSR count). The Morgan fingerprint density at radius 3 is 2.04 bits per heavy atom. The molecule has 2 saturated carbocycles. The first-order valence-electron chi connectivity index (χ1n) is 9.70. The van der Waals surface area contributed by atoms with Gasteiger partial charge < -0.3 is 28.8 Å². The van der Waals surface area contributed by atoms with Gasteiger partial charge in [-0.2, -0.15) is 0 Å². The van der Waals surface area contributed by atoms with E-state index >= 15 is 0 Å². The van der Waals surface area contributed by atoms with Gasteiger partial charge in [-0.3, -0.25) is 0 Å². The summed E-state index contributed by atoms with van der Waals surface area (Å²) in [5.74, 6) is -0.979. The van der Waals surface area contributed by atoms with Gasteiger partial charge in [0.15, 0.2) is 17.9 Å². The highest BCUT2D eigenvalue weighted by molar-refractivity contribution is 5.00. The molecule has 6 heteroatoms. The molecule has 0 aromatic carbocycles. The van der Waals surface area contributed by atoms with E-state index in [1.807, 2.05) is 0 Å². The Balaban J connectivity index is 1.24. The second-order valence-corrected chi connectivity index (χ2v) is 8.07. The fourth-order valence-electron chi connectivity index (χ4n) is 5.09. The van der Waals surface area contributed by atoms with Crippen LogP contribution in [0.3, 0.4) is 0 Å². The molecule has 0 amide bonds. The largest absolute Gasteiger partial charge is 0.387 e. The van der Waals surface area contributed by atoms with E-state index in [0.29, 0.717) is 6.61 Å². The van der Waals surface area contributed by atoms with Crippen molar-refractivity contribution in [1.82, 2.24) is 0 Å². The lowest BCUT2D eigenvalue weighted by Crippen LogP contribution is -2.44. The zero-order chi connectivity index (χ0) is 16.2. The van der Waals surface area contributed by atoms with E-state index in [-0.39, 0.29) is 6.10 Å². The first-order chi connectivity index (χ1) is 11.7. The molecule has 3 aliphatic heterocycles. The topological polar surface area (TPSA) is 66.4 Å². The molecule has 2 spiro atoms. The van der Waals surface area contributed by atoms with E-state index in [1.165, 1.54) is 12.8 Å². The van der Waals surface area contributed by atoms with E-state index in [9.17, 15) is 5.11 Å². The number of rotatable bonds is 1. The Labute approximate surface area is 142 Å². The molecule has 5 fully saturated rings. The summed E-state index contributed by atoms with van der Waals surface area (Å²) >= 11 is 0. The molecule has 3 heterocycles. The van der Waals surface area contributed by atoms with E-state index < -0.39 is 36.2 Å². The van der Waals surface area contributed by atoms with Gasteiger partial charge in [-0.15, -0.1) is 0 Å². The predicted octanol–water partition coefficient (Wildman–Crippen LogP) is 2.22. The third kappa shape index (κ3) is 2.54. The van der Waals surface area contributed by atoms with Gasteiger partial charge in [-0.25, -0.2) is 0 Å². The summed E-state index contributed by atoms with van der Waals surface area (Å²) in [7, 11) is 0. The Hall–Kier alpha value is -0.240. The number of hydrogen-bond donors (Lipinski definition) is 1. The van der Waals surface area contributed by atoms with E-state index in [4.69, 9.17) is 23.7 Å². The van der Waals surface area contributed by atoms with Gasteiger partial charge in [0, 0.05) is 25.7 Å². The Morgan fingerprint density at radius 1 is 0.708 bits per heavy atom. The molecule has 5 aliphatic rings. The highest BCUT2D eigenvalue weighted by Gasteiger charge is 2.60. The lowest BCUT2D eigenvalue weighted by molar-refractivity contribution is -0.259. The second-order valence-electron chi connectivity index (χ2n) is 8.07. The summed E-state index contributed by atoms with van der Waals surface area (Å²) in [6, 6.07) is 0. The van der Waals surface area contributed by atoms with Crippen molar-refractivity contribution in [3.05, 3.63) is 0 Å². The van der Waals surface area contributed by atoms with Crippen molar-refractivity contribution in [2.75, 3.05) is 6.61 Å². The first-order valence-corrected chi connectivity index (χ1v) is 9.70. The Bertz CT molecular complexity index is 470. The van der Waals surface area contributed by atoms with Gasteiger partial charge in [-0.05, 0) is 25.7 Å². The number of fused-ring (bicyclic) bond motifs is 1. The molecule has 0 bridgehead atoms. The molecular weight excluding hydrogens is 312 g/mol. The summed E-state index contributed by atoms with van der Waals surface area (Å²) in [5, 5.41) is 10.8. The summed E-state index contributed by atoms with van der Waals surface area (Å²) < 4.78 is 30.5. The molecular formula is C18H28O6. The van der Waals surface area contributed by atoms with Crippen molar-refractivity contribution in [1.29, 1.82) is 0 Å². The smallest absolute Gasteiger partial charge is 0.190 e. The SMILES string of the molecule is O[C@H]1C2OC3(CCCCC3)O[C@H]2O[C@@H]1C1COC2(CCCCC2)O1. The summed E-state index contributed by atoms with van der Waals surface area (Å²) in [5.41, 5.74) is 0. The normalized spacial score (nSPS) is 46.6. The van der Waals surface area contributed by atoms with Crippen LogP contribution in [0.5, 0.6) is 0 Å². The standard InChI is InChI=1S/C18H28O6/c19-13-14(12-11-20-17(22-12)7-3-1-4-8-17)21-16-15(13)23-18(24-16)9-5-2-6-10-18/h12-16,19H,1-11H2/t12?,13-,14-,15?,16-/m1/s1. The van der Waals surface area contributed by atoms with Crippen LogP contribution in [0.1, 0.15) is 64.2 Å². The molecule has 136 valence electrons. The Kier molecular flexibility index (Phi) is 3.92. The van der Waals surface area contributed by atoms with Crippen LogP contribution in [0, 0.1) is 0 Å². The van der Waals surface area contributed by atoms with Crippen molar-refractivity contribution in [2.24, 2.45) is 0 Å². The van der Waals surface area contributed by atoms with Gasteiger partial charge in [-0.1, -0.05) is 12.8 Å². The van der Waals surface area contributed by atoms with Crippen molar-refractivity contribution in [3.63, 3.8) is 0 Å². The minimum absolute atomic E-state index is 0.238. The lowest BCUT2D eigenvalue weighted by Gasteiger charge is -2.34. The zero-order valence-corrected chi connectivity index (χ0v) is 14.2. The molecule has 0 aromatic heterocycles. The van der Waals surface area contributed by atoms with Crippen LogP contribution < -0.4 is 0 Å². The van der Waals surface area contributed by atoms with Gasteiger partial charge in [0.05, 0.1) is 6.61 Å². The molecule has 6 nitrogen and oxygen atoms in total. The first kappa shape index (κ1) is 16.0. The second kappa shape index (κ2) is 5.89. The molecule has 0 radical (unpaired) electrons. The zero-order valence-electron chi connectivity index (χ0n) is 14.2. The number of aliphatic hydroxyl groups excluding tert-OH is 1. The predicted molar refractivity (Wildman–Crippen MR) is 83.1 cm³/mol. The van der Waals surface area contributed by atoms with Crippen molar-refractivity contribution < 1.29 is 28.8 Å². The minimum atomic E-state index is -0.719. The molecule has 0 aromatic rings. The van der Waals surface area contributed by atoms with Crippen molar-refractivity contribution >= 4 is 0 Å². The maximum absolute atomic E-state index is 10.8. The molecule has 24 heavy (non-hydrogen) atoms. The third-order valence-electron chi connectivity index (χ3n) is 6.39. The van der Waals surface area contributed by atoms with Gasteiger partial charge in [0.1, 0.15) is 24.4 Å².